The average Bonchev–Trinajstić information content (AvgIpc) is 2.72. The molecule has 4 heteroatoms. The minimum Gasteiger partial charge on any atom is -0.355 e. The second kappa shape index (κ2) is 6.14. The summed E-state index contributed by atoms with van der Waals surface area (Å²) in [6, 6.07) is -0.0516. The van der Waals surface area contributed by atoms with Gasteiger partial charge < -0.3 is 9.88 Å². The van der Waals surface area contributed by atoms with Crippen molar-refractivity contribution >= 4 is 11.6 Å². The number of rotatable bonds is 4. The molecular weight excluding hydrogens is 264 g/mol. The predicted molar refractivity (Wildman–Crippen MR) is 83.2 cm³/mol. The number of aryl methyl sites for hydroxylation is 1. The summed E-state index contributed by atoms with van der Waals surface area (Å²) in [7, 11) is 0. The third kappa shape index (κ3) is 3.10. The first-order valence-corrected chi connectivity index (χ1v) is 7.91. The third-order valence-corrected chi connectivity index (χ3v) is 4.85. The molecule has 0 aliphatic carbocycles. The van der Waals surface area contributed by atoms with E-state index in [1.54, 1.807) is 6.92 Å². The molecule has 1 fully saturated rings. The van der Waals surface area contributed by atoms with Gasteiger partial charge >= 0.3 is 0 Å². The van der Waals surface area contributed by atoms with Gasteiger partial charge in [0.2, 0.25) is 5.78 Å². The topological polar surface area (TPSA) is 54.4 Å². The minimum absolute atomic E-state index is 0.0203. The highest BCUT2D eigenvalue weighted by atomic mass is 16.1. The van der Waals surface area contributed by atoms with E-state index in [0.717, 1.165) is 24.3 Å². The Bertz CT molecular complexity index is 559. The maximum absolute atomic E-state index is 12.8. The molecule has 0 spiro atoms. The summed E-state index contributed by atoms with van der Waals surface area (Å²) in [6.45, 7) is 11.7. The maximum Gasteiger partial charge on any atom is 0.235 e. The largest absolute Gasteiger partial charge is 0.355 e. The van der Waals surface area contributed by atoms with E-state index in [1.165, 1.54) is 17.7 Å². The van der Waals surface area contributed by atoms with Crippen LogP contribution in [0.15, 0.2) is 0 Å². The number of Topliss-reactive ketones (excluding diaryl/α,β-unsaturated/α-hetero) is 2. The lowest BCUT2D eigenvalue weighted by Crippen LogP contribution is -3.17. The summed E-state index contributed by atoms with van der Waals surface area (Å²) in [4.78, 5) is 29.0. The molecule has 0 radical (unpaired) electrons. The highest BCUT2D eigenvalue weighted by molar-refractivity contribution is 6.04. The Labute approximate surface area is 126 Å². The van der Waals surface area contributed by atoms with E-state index in [1.807, 2.05) is 20.8 Å². The van der Waals surface area contributed by atoms with Gasteiger partial charge in [0.05, 0.1) is 18.8 Å². The Hall–Kier alpha value is -1.42. The van der Waals surface area contributed by atoms with Crippen LogP contribution < -0.4 is 4.90 Å². The molecular formula is C17H27N2O2+. The van der Waals surface area contributed by atoms with Crippen molar-refractivity contribution in [2.75, 3.05) is 13.1 Å². The first-order chi connectivity index (χ1) is 9.82. The lowest BCUT2D eigenvalue weighted by molar-refractivity contribution is -0.921. The van der Waals surface area contributed by atoms with Gasteiger partial charge in [0.15, 0.2) is 5.78 Å². The lowest BCUT2D eigenvalue weighted by atomic mass is 9.96. The normalized spacial score (nSPS) is 23.9. The quantitative estimate of drug-likeness (QED) is 0.830. The Morgan fingerprint density at radius 2 is 2.00 bits per heavy atom. The van der Waals surface area contributed by atoms with Crippen molar-refractivity contribution in [3.8, 4) is 0 Å². The first kappa shape index (κ1) is 16.0. The van der Waals surface area contributed by atoms with Crippen molar-refractivity contribution in [2.24, 2.45) is 5.92 Å². The number of quaternary nitrogens is 1. The second-order valence-corrected chi connectivity index (χ2v) is 6.63. The monoisotopic (exact) mass is 291 g/mol. The number of piperidine rings is 1. The van der Waals surface area contributed by atoms with Gasteiger partial charge in [0, 0.05) is 17.2 Å². The molecule has 1 aromatic heterocycles. The number of carbonyl (C=O) groups excluding carboxylic acids is 2. The Morgan fingerprint density at radius 1 is 1.33 bits per heavy atom. The van der Waals surface area contributed by atoms with E-state index in [4.69, 9.17) is 0 Å². The lowest BCUT2D eigenvalue weighted by Gasteiger charge is -2.31. The number of hydrogen-bond acceptors (Lipinski definition) is 2. The van der Waals surface area contributed by atoms with E-state index in [0.29, 0.717) is 17.2 Å². The van der Waals surface area contributed by atoms with Crippen LogP contribution in [0.1, 0.15) is 65.7 Å². The van der Waals surface area contributed by atoms with Crippen molar-refractivity contribution in [3.63, 3.8) is 0 Å². The number of carbonyl (C=O) groups is 2. The van der Waals surface area contributed by atoms with Crippen LogP contribution in [0.25, 0.3) is 0 Å². The van der Waals surface area contributed by atoms with E-state index in [9.17, 15) is 9.59 Å². The molecule has 2 heterocycles. The zero-order valence-electron chi connectivity index (χ0n) is 13.8. The molecule has 1 aliphatic rings. The summed E-state index contributed by atoms with van der Waals surface area (Å²) in [5.41, 5.74) is 2.90. The molecule has 0 bridgehead atoms. The van der Waals surface area contributed by atoms with Crippen LogP contribution >= 0.6 is 0 Å². The average molecular weight is 291 g/mol. The van der Waals surface area contributed by atoms with Crippen molar-refractivity contribution in [3.05, 3.63) is 22.5 Å². The van der Waals surface area contributed by atoms with Gasteiger partial charge in [0.1, 0.15) is 6.04 Å². The van der Waals surface area contributed by atoms with E-state index in [-0.39, 0.29) is 17.6 Å². The molecule has 0 aromatic carbocycles. The smallest absolute Gasteiger partial charge is 0.235 e. The Balaban J connectivity index is 2.23. The van der Waals surface area contributed by atoms with Crippen molar-refractivity contribution in [1.82, 2.24) is 4.98 Å². The molecule has 1 unspecified atom stereocenters. The number of likely N-dealkylation sites (tertiary alicyclic amines) is 1. The van der Waals surface area contributed by atoms with Crippen LogP contribution in [0.4, 0.5) is 0 Å². The minimum atomic E-state index is -0.0516. The van der Waals surface area contributed by atoms with Crippen LogP contribution in [0, 0.1) is 19.8 Å². The SMILES string of the molecule is CC(=O)c1c(C)[nH]c(C(=O)[C@H](C)[NH+]2CCC[C@H](C)C2)c1C. The zero-order chi connectivity index (χ0) is 15.7. The number of nitrogens with one attached hydrogen (secondary N) is 2. The highest BCUT2D eigenvalue weighted by Crippen LogP contribution is 2.19. The molecule has 21 heavy (non-hydrogen) atoms. The third-order valence-electron chi connectivity index (χ3n) is 4.85. The summed E-state index contributed by atoms with van der Waals surface area (Å²) in [5.74, 6) is 0.836. The van der Waals surface area contributed by atoms with Gasteiger partial charge in [-0.1, -0.05) is 6.92 Å². The van der Waals surface area contributed by atoms with Gasteiger partial charge in [-0.05, 0) is 46.1 Å². The van der Waals surface area contributed by atoms with Crippen LogP contribution in [0.5, 0.6) is 0 Å². The van der Waals surface area contributed by atoms with Gasteiger partial charge in [-0.15, -0.1) is 0 Å². The zero-order valence-corrected chi connectivity index (χ0v) is 13.8. The molecule has 1 saturated heterocycles. The van der Waals surface area contributed by atoms with Crippen molar-refractivity contribution < 1.29 is 14.5 Å². The van der Waals surface area contributed by atoms with Gasteiger partial charge in [-0.25, -0.2) is 0 Å². The molecule has 4 nitrogen and oxygen atoms in total. The van der Waals surface area contributed by atoms with Crippen LogP contribution in [-0.4, -0.2) is 35.7 Å². The van der Waals surface area contributed by atoms with Crippen molar-refractivity contribution in [2.45, 2.75) is 53.5 Å². The van der Waals surface area contributed by atoms with Crippen LogP contribution in [0.2, 0.25) is 0 Å². The Morgan fingerprint density at radius 3 is 2.52 bits per heavy atom. The predicted octanol–water partition coefficient (Wildman–Crippen LogP) is 1.72. The van der Waals surface area contributed by atoms with Crippen molar-refractivity contribution in [1.29, 1.82) is 0 Å². The summed E-state index contributed by atoms with van der Waals surface area (Å²) in [6.07, 6.45) is 2.45. The number of aromatic amines is 1. The molecule has 116 valence electrons. The fraction of sp³-hybridized carbons (Fsp3) is 0.647. The maximum atomic E-state index is 12.8. The van der Waals surface area contributed by atoms with Crippen LogP contribution in [0.3, 0.4) is 0 Å². The first-order valence-electron chi connectivity index (χ1n) is 7.91. The molecule has 1 aliphatic heterocycles. The molecule has 0 amide bonds. The molecule has 2 rings (SSSR count). The number of hydrogen-bond donors (Lipinski definition) is 2. The van der Waals surface area contributed by atoms with Crippen LogP contribution in [-0.2, 0) is 0 Å². The number of ketones is 2. The van der Waals surface area contributed by atoms with Gasteiger partial charge in [-0.2, -0.15) is 0 Å². The summed E-state index contributed by atoms with van der Waals surface area (Å²) in [5, 5.41) is 0. The second-order valence-electron chi connectivity index (χ2n) is 6.63. The molecule has 3 atom stereocenters. The summed E-state index contributed by atoms with van der Waals surface area (Å²) < 4.78 is 0. The molecule has 2 N–H and O–H groups in total. The fourth-order valence-electron chi connectivity index (χ4n) is 3.65. The Kier molecular flexibility index (Phi) is 4.67. The molecule has 0 saturated carbocycles. The number of H-pyrrole nitrogens is 1. The van der Waals surface area contributed by atoms with E-state index in [2.05, 4.69) is 11.9 Å². The fourth-order valence-corrected chi connectivity index (χ4v) is 3.65. The standard InChI is InChI=1S/C17H26N2O2/c1-10-7-6-8-19(9-10)13(4)17(21)16-11(2)15(14(5)20)12(3)18-16/h10,13,18H,6-9H2,1-5H3/p+1/t10-,13-/m0/s1. The number of aromatic nitrogens is 1. The van der Waals surface area contributed by atoms with E-state index >= 15 is 0 Å². The van der Waals surface area contributed by atoms with Gasteiger partial charge in [0.25, 0.3) is 0 Å². The van der Waals surface area contributed by atoms with Gasteiger partial charge in [-0.3, -0.25) is 9.59 Å². The molecule has 1 aromatic rings. The highest BCUT2D eigenvalue weighted by Gasteiger charge is 2.32. The van der Waals surface area contributed by atoms with E-state index < -0.39 is 0 Å². The summed E-state index contributed by atoms with van der Waals surface area (Å²) >= 11 is 0.